The smallest absolute Gasteiger partial charge is 0.322 e. The molecule has 7 heteroatoms. The van der Waals surface area contributed by atoms with Crippen LogP contribution in [0.25, 0.3) is 0 Å². The molecule has 110 valence electrons. The van der Waals surface area contributed by atoms with Crippen molar-refractivity contribution in [3.63, 3.8) is 0 Å². The maximum atomic E-state index is 11.5. The number of nitro groups is 1. The Balaban J connectivity index is 2.59. The summed E-state index contributed by atoms with van der Waals surface area (Å²) in [5, 5.41) is 13.9. The van der Waals surface area contributed by atoms with Crippen LogP contribution in [0, 0.1) is 10.1 Å². The van der Waals surface area contributed by atoms with Gasteiger partial charge in [-0.2, -0.15) is 0 Å². The van der Waals surface area contributed by atoms with E-state index in [9.17, 15) is 14.9 Å². The summed E-state index contributed by atoms with van der Waals surface area (Å²) in [6.07, 6.45) is 0.553. The largest absolute Gasteiger partial charge is 0.468 e. The molecule has 0 radical (unpaired) electrons. The first-order valence-corrected chi connectivity index (χ1v) is 7.26. The molecule has 1 aromatic carbocycles. The lowest BCUT2D eigenvalue weighted by atomic mass is 10.2. The minimum absolute atomic E-state index is 0.0931. The monoisotopic (exact) mass is 298 g/mol. The number of thioether (sulfide) groups is 1. The van der Waals surface area contributed by atoms with Gasteiger partial charge in [0.05, 0.1) is 16.9 Å². The average molecular weight is 298 g/mol. The van der Waals surface area contributed by atoms with Gasteiger partial charge in [0.15, 0.2) is 0 Å². The molecule has 0 aliphatic carbocycles. The normalized spacial score (nSPS) is 11.9. The first-order valence-electron chi connectivity index (χ1n) is 6.27. The van der Waals surface area contributed by atoms with Gasteiger partial charge < -0.3 is 10.1 Å². The Morgan fingerprint density at radius 1 is 1.50 bits per heavy atom. The van der Waals surface area contributed by atoms with Crippen LogP contribution in [0.2, 0.25) is 0 Å². The van der Waals surface area contributed by atoms with Crippen molar-refractivity contribution in [2.75, 3.05) is 19.4 Å². The highest BCUT2D eigenvalue weighted by Gasteiger charge is 2.18. The lowest BCUT2D eigenvalue weighted by molar-refractivity contribution is -0.387. The number of methoxy groups -OCH3 is 1. The number of carbonyl (C=O) groups excluding carboxylic acids is 1. The predicted octanol–water partition coefficient (Wildman–Crippen LogP) is 2.23. The molecule has 0 saturated heterocycles. The molecule has 1 rings (SSSR count). The fraction of sp³-hybridized carbons (Fsp3) is 0.462. The van der Waals surface area contributed by atoms with Crippen LogP contribution in [0.5, 0.6) is 0 Å². The summed E-state index contributed by atoms with van der Waals surface area (Å²) in [6.45, 7) is 2.57. The Labute approximate surface area is 122 Å². The van der Waals surface area contributed by atoms with Crippen molar-refractivity contribution < 1.29 is 14.5 Å². The molecule has 20 heavy (non-hydrogen) atoms. The standard InChI is InChI=1S/C13H18N2O4S/c1-3-14-10(13(16)19-2)8-9-20-12-7-5-4-6-11(12)15(17)18/h4-7,10,14H,3,8-9H2,1-2H3. The van der Waals surface area contributed by atoms with E-state index in [0.29, 0.717) is 23.6 Å². The number of likely N-dealkylation sites (N-methyl/N-ethyl adjacent to an activating group) is 1. The van der Waals surface area contributed by atoms with E-state index >= 15 is 0 Å². The Hall–Kier alpha value is -1.60. The number of rotatable bonds is 8. The van der Waals surface area contributed by atoms with Gasteiger partial charge in [0.1, 0.15) is 6.04 Å². The van der Waals surface area contributed by atoms with Crippen molar-refractivity contribution in [2.45, 2.75) is 24.3 Å². The first kappa shape index (κ1) is 16.5. The number of benzene rings is 1. The van der Waals surface area contributed by atoms with Crippen LogP contribution >= 0.6 is 11.8 Å². The molecule has 0 spiro atoms. The highest BCUT2D eigenvalue weighted by Crippen LogP contribution is 2.29. The van der Waals surface area contributed by atoms with Crippen LogP contribution < -0.4 is 5.32 Å². The molecule has 1 unspecified atom stereocenters. The third-order valence-electron chi connectivity index (χ3n) is 2.66. The molecule has 0 amide bonds. The van der Waals surface area contributed by atoms with Gasteiger partial charge in [-0.15, -0.1) is 11.8 Å². The summed E-state index contributed by atoms with van der Waals surface area (Å²) >= 11 is 1.37. The van der Waals surface area contributed by atoms with Gasteiger partial charge in [0.2, 0.25) is 0 Å². The lowest BCUT2D eigenvalue weighted by Crippen LogP contribution is -2.37. The molecule has 1 atom stereocenters. The number of esters is 1. The molecule has 0 aliphatic heterocycles. The molecule has 0 fully saturated rings. The van der Waals surface area contributed by atoms with E-state index < -0.39 is 4.92 Å². The van der Waals surface area contributed by atoms with Crippen molar-refractivity contribution in [2.24, 2.45) is 0 Å². The van der Waals surface area contributed by atoms with E-state index in [1.807, 2.05) is 6.92 Å². The van der Waals surface area contributed by atoms with Gasteiger partial charge in [0.25, 0.3) is 5.69 Å². The average Bonchev–Trinajstić information content (AvgIpc) is 2.45. The second-order valence-electron chi connectivity index (χ2n) is 4.00. The first-order chi connectivity index (χ1) is 9.60. The van der Waals surface area contributed by atoms with Crippen molar-refractivity contribution in [3.8, 4) is 0 Å². The zero-order valence-corrected chi connectivity index (χ0v) is 12.3. The minimum Gasteiger partial charge on any atom is -0.468 e. The maximum Gasteiger partial charge on any atom is 0.322 e. The molecule has 1 aromatic rings. The van der Waals surface area contributed by atoms with E-state index in [2.05, 4.69) is 5.32 Å². The van der Waals surface area contributed by atoms with Gasteiger partial charge in [-0.3, -0.25) is 14.9 Å². The fourth-order valence-electron chi connectivity index (χ4n) is 1.71. The minimum atomic E-state index is -0.398. The van der Waals surface area contributed by atoms with E-state index in [1.54, 1.807) is 18.2 Å². The predicted molar refractivity (Wildman–Crippen MR) is 77.9 cm³/mol. The number of hydrogen-bond acceptors (Lipinski definition) is 6. The summed E-state index contributed by atoms with van der Waals surface area (Å²) in [4.78, 5) is 22.6. The summed E-state index contributed by atoms with van der Waals surface area (Å²) in [5.74, 6) is 0.285. The van der Waals surface area contributed by atoms with Gasteiger partial charge in [-0.25, -0.2) is 0 Å². The highest BCUT2D eigenvalue weighted by atomic mass is 32.2. The molecule has 1 N–H and O–H groups in total. The number of para-hydroxylation sites is 1. The van der Waals surface area contributed by atoms with Crippen LogP contribution in [0.4, 0.5) is 5.69 Å². The summed E-state index contributed by atoms with van der Waals surface area (Å²) in [6, 6.07) is 6.21. The zero-order chi connectivity index (χ0) is 15.0. The highest BCUT2D eigenvalue weighted by molar-refractivity contribution is 7.99. The second kappa shape index (κ2) is 8.55. The number of ether oxygens (including phenoxy) is 1. The molecule has 0 bridgehead atoms. The van der Waals surface area contributed by atoms with E-state index in [1.165, 1.54) is 24.9 Å². The van der Waals surface area contributed by atoms with Crippen LogP contribution in [0.15, 0.2) is 29.2 Å². The second-order valence-corrected chi connectivity index (χ2v) is 5.13. The molecule has 0 aliphatic rings. The van der Waals surface area contributed by atoms with E-state index in [0.717, 1.165) is 0 Å². The van der Waals surface area contributed by atoms with Crippen molar-refractivity contribution in [3.05, 3.63) is 34.4 Å². The van der Waals surface area contributed by atoms with Crippen LogP contribution in [0.3, 0.4) is 0 Å². The van der Waals surface area contributed by atoms with Gasteiger partial charge in [0, 0.05) is 11.8 Å². The number of hydrogen-bond donors (Lipinski definition) is 1. The fourth-order valence-corrected chi connectivity index (χ4v) is 2.75. The summed E-state index contributed by atoms with van der Waals surface area (Å²) in [7, 11) is 1.35. The van der Waals surface area contributed by atoms with Gasteiger partial charge >= 0.3 is 5.97 Å². The Bertz CT molecular complexity index is 467. The van der Waals surface area contributed by atoms with Crippen LogP contribution in [-0.4, -0.2) is 36.3 Å². The molecular weight excluding hydrogens is 280 g/mol. The Morgan fingerprint density at radius 3 is 2.80 bits per heavy atom. The number of nitrogens with zero attached hydrogens (tertiary/aromatic N) is 1. The van der Waals surface area contributed by atoms with Crippen LogP contribution in [0.1, 0.15) is 13.3 Å². The third-order valence-corrected chi connectivity index (χ3v) is 3.76. The van der Waals surface area contributed by atoms with Crippen molar-refractivity contribution in [1.82, 2.24) is 5.32 Å². The SMILES string of the molecule is CCNC(CCSc1ccccc1[N+](=O)[O-])C(=O)OC. The molecule has 0 saturated carbocycles. The summed E-state index contributed by atoms with van der Waals surface area (Å²) in [5.41, 5.74) is 0.0931. The van der Waals surface area contributed by atoms with Gasteiger partial charge in [-0.05, 0) is 19.0 Å². The lowest BCUT2D eigenvalue weighted by Gasteiger charge is -2.14. The number of nitro benzene ring substituents is 1. The molecule has 0 aromatic heterocycles. The Kier molecular flexibility index (Phi) is 7.03. The number of carbonyl (C=O) groups is 1. The molecule has 6 nitrogen and oxygen atoms in total. The third kappa shape index (κ3) is 4.82. The summed E-state index contributed by atoms with van der Waals surface area (Å²) < 4.78 is 4.71. The van der Waals surface area contributed by atoms with Crippen LogP contribution in [-0.2, 0) is 9.53 Å². The van der Waals surface area contributed by atoms with Gasteiger partial charge in [-0.1, -0.05) is 19.1 Å². The van der Waals surface area contributed by atoms with Crippen molar-refractivity contribution >= 4 is 23.4 Å². The van der Waals surface area contributed by atoms with Crippen molar-refractivity contribution in [1.29, 1.82) is 0 Å². The maximum absolute atomic E-state index is 11.5. The molecular formula is C13H18N2O4S. The quantitative estimate of drug-likeness (QED) is 0.343. The zero-order valence-electron chi connectivity index (χ0n) is 11.5. The van der Waals surface area contributed by atoms with E-state index in [4.69, 9.17) is 4.74 Å². The topological polar surface area (TPSA) is 81.5 Å². The Morgan fingerprint density at radius 2 is 2.20 bits per heavy atom. The molecule has 0 heterocycles. The van der Waals surface area contributed by atoms with E-state index in [-0.39, 0.29) is 17.7 Å². The number of nitrogens with one attached hydrogen (secondary N) is 1.